The summed E-state index contributed by atoms with van der Waals surface area (Å²) in [6.07, 6.45) is 0. The zero-order chi connectivity index (χ0) is 17.1. The molecule has 0 saturated heterocycles. The molecular formula is C16H20Cl2N4S. The molecule has 2 N–H and O–H groups in total. The summed E-state index contributed by atoms with van der Waals surface area (Å²) in [5.41, 5.74) is 3.62. The van der Waals surface area contributed by atoms with Gasteiger partial charge in [0.1, 0.15) is 0 Å². The van der Waals surface area contributed by atoms with Crippen LogP contribution in [0.2, 0.25) is 10.0 Å². The second-order valence-electron chi connectivity index (χ2n) is 5.66. The van der Waals surface area contributed by atoms with Crippen LogP contribution in [0.15, 0.2) is 18.2 Å². The lowest BCUT2D eigenvalue weighted by molar-refractivity contribution is 0.659. The summed E-state index contributed by atoms with van der Waals surface area (Å²) in [6, 6.07) is 5.76. The molecule has 23 heavy (non-hydrogen) atoms. The van der Waals surface area contributed by atoms with E-state index in [2.05, 4.69) is 15.7 Å². The summed E-state index contributed by atoms with van der Waals surface area (Å²) < 4.78 is 1.88. The first-order valence-corrected chi connectivity index (χ1v) is 8.50. The molecule has 1 heterocycles. The first-order valence-electron chi connectivity index (χ1n) is 7.34. The lowest BCUT2D eigenvalue weighted by Gasteiger charge is -2.13. The van der Waals surface area contributed by atoms with Crippen LogP contribution < -0.4 is 10.6 Å². The van der Waals surface area contributed by atoms with Gasteiger partial charge in [0.15, 0.2) is 5.11 Å². The lowest BCUT2D eigenvalue weighted by atomic mass is 10.2. The third-order valence-corrected chi connectivity index (χ3v) is 4.34. The highest BCUT2D eigenvalue weighted by atomic mass is 35.5. The van der Waals surface area contributed by atoms with Crippen LogP contribution in [0.4, 0.5) is 5.69 Å². The molecule has 124 valence electrons. The van der Waals surface area contributed by atoms with Crippen molar-refractivity contribution >= 4 is 46.2 Å². The second kappa shape index (κ2) is 7.51. The predicted octanol–water partition coefficient (Wildman–Crippen LogP) is 4.55. The van der Waals surface area contributed by atoms with E-state index in [9.17, 15) is 0 Å². The Labute approximate surface area is 152 Å². The Kier molecular flexibility index (Phi) is 5.89. The first kappa shape index (κ1) is 18.0. The number of benzene rings is 1. The van der Waals surface area contributed by atoms with E-state index >= 15 is 0 Å². The molecule has 2 rings (SSSR count). The zero-order valence-electron chi connectivity index (χ0n) is 13.6. The van der Waals surface area contributed by atoms with Crippen molar-refractivity contribution in [2.75, 3.05) is 5.32 Å². The van der Waals surface area contributed by atoms with Crippen LogP contribution >= 0.6 is 35.4 Å². The van der Waals surface area contributed by atoms with Gasteiger partial charge in [0, 0.05) is 21.7 Å². The molecule has 0 fully saturated rings. The summed E-state index contributed by atoms with van der Waals surface area (Å²) >= 11 is 17.8. The van der Waals surface area contributed by atoms with Gasteiger partial charge in [0.05, 0.1) is 23.6 Å². The van der Waals surface area contributed by atoms with E-state index in [0.717, 1.165) is 22.6 Å². The third kappa shape index (κ3) is 4.37. The number of rotatable bonds is 4. The Morgan fingerprint density at radius 3 is 2.43 bits per heavy atom. The Bertz CT molecular complexity index is 705. The van der Waals surface area contributed by atoms with E-state index < -0.39 is 0 Å². The minimum atomic E-state index is 0.271. The smallest absolute Gasteiger partial charge is 0.171 e. The van der Waals surface area contributed by atoms with E-state index in [1.165, 1.54) is 0 Å². The number of thiocarbonyl (C=S) groups is 1. The molecule has 0 radical (unpaired) electrons. The number of anilines is 1. The van der Waals surface area contributed by atoms with Crippen molar-refractivity contribution < 1.29 is 0 Å². The molecule has 0 spiro atoms. The van der Waals surface area contributed by atoms with Crippen molar-refractivity contribution in [2.24, 2.45) is 0 Å². The summed E-state index contributed by atoms with van der Waals surface area (Å²) in [4.78, 5) is 0. The fourth-order valence-corrected chi connectivity index (χ4v) is 3.13. The zero-order valence-corrected chi connectivity index (χ0v) is 15.9. The number of hydrogen-bond acceptors (Lipinski definition) is 2. The third-order valence-electron chi connectivity index (χ3n) is 3.41. The van der Waals surface area contributed by atoms with Gasteiger partial charge in [0.2, 0.25) is 0 Å². The minimum absolute atomic E-state index is 0.271. The number of halogens is 2. The van der Waals surface area contributed by atoms with Gasteiger partial charge < -0.3 is 10.6 Å². The number of nitrogens with one attached hydrogen (secondary N) is 2. The van der Waals surface area contributed by atoms with Gasteiger partial charge in [-0.25, -0.2) is 0 Å². The van der Waals surface area contributed by atoms with E-state index in [-0.39, 0.29) is 6.04 Å². The van der Waals surface area contributed by atoms with Gasteiger partial charge in [-0.2, -0.15) is 5.10 Å². The van der Waals surface area contributed by atoms with Crippen molar-refractivity contribution in [1.29, 1.82) is 0 Å². The molecule has 0 unspecified atom stereocenters. The SMILES string of the molecule is Cc1nn(Cc2c(Cl)cccc2Cl)c(C)c1NC(=S)NC(C)C. The number of aryl methyl sites for hydroxylation is 1. The normalized spacial score (nSPS) is 10.9. The topological polar surface area (TPSA) is 41.9 Å². The molecule has 0 amide bonds. The van der Waals surface area contributed by atoms with Gasteiger partial charge in [-0.15, -0.1) is 0 Å². The Morgan fingerprint density at radius 1 is 1.26 bits per heavy atom. The molecule has 0 aliphatic rings. The maximum atomic E-state index is 6.25. The first-order chi connectivity index (χ1) is 10.8. The Morgan fingerprint density at radius 2 is 1.87 bits per heavy atom. The van der Waals surface area contributed by atoms with Gasteiger partial charge >= 0.3 is 0 Å². The van der Waals surface area contributed by atoms with Crippen LogP contribution in [0, 0.1) is 13.8 Å². The van der Waals surface area contributed by atoms with E-state index in [0.29, 0.717) is 21.7 Å². The Hall–Kier alpha value is -1.30. The summed E-state index contributed by atoms with van der Waals surface area (Å²) in [6.45, 7) is 8.52. The van der Waals surface area contributed by atoms with Crippen LogP contribution in [0.25, 0.3) is 0 Å². The van der Waals surface area contributed by atoms with Crippen LogP contribution in [-0.2, 0) is 6.54 Å². The standard InChI is InChI=1S/C16H20Cl2N4S/c1-9(2)19-16(23)20-15-10(3)21-22(11(15)4)8-12-13(17)6-5-7-14(12)18/h5-7,9H,8H2,1-4H3,(H2,19,20,23). The minimum Gasteiger partial charge on any atom is -0.360 e. The second-order valence-corrected chi connectivity index (χ2v) is 6.88. The molecule has 0 atom stereocenters. The number of nitrogens with zero attached hydrogens (tertiary/aromatic N) is 2. The largest absolute Gasteiger partial charge is 0.360 e. The highest BCUT2D eigenvalue weighted by molar-refractivity contribution is 7.80. The van der Waals surface area contributed by atoms with E-state index in [1.807, 2.05) is 50.6 Å². The molecule has 0 aliphatic heterocycles. The van der Waals surface area contributed by atoms with Crippen molar-refractivity contribution in [3.8, 4) is 0 Å². The summed E-state index contributed by atoms with van der Waals surface area (Å²) in [5.74, 6) is 0. The molecule has 0 bridgehead atoms. The van der Waals surface area contributed by atoms with E-state index in [4.69, 9.17) is 35.4 Å². The number of hydrogen-bond donors (Lipinski definition) is 2. The quantitative estimate of drug-likeness (QED) is 0.774. The average molecular weight is 371 g/mol. The van der Waals surface area contributed by atoms with Crippen molar-refractivity contribution in [3.05, 3.63) is 45.2 Å². The Balaban J connectivity index is 2.26. The fraction of sp³-hybridized carbons (Fsp3) is 0.375. The fourth-order valence-electron chi connectivity index (χ4n) is 2.28. The van der Waals surface area contributed by atoms with Gasteiger partial charge in [-0.1, -0.05) is 29.3 Å². The summed E-state index contributed by atoms with van der Waals surface area (Å²) in [7, 11) is 0. The van der Waals surface area contributed by atoms with Gasteiger partial charge in [-0.05, 0) is 52.0 Å². The van der Waals surface area contributed by atoms with E-state index in [1.54, 1.807) is 0 Å². The van der Waals surface area contributed by atoms with Crippen LogP contribution in [-0.4, -0.2) is 20.9 Å². The maximum Gasteiger partial charge on any atom is 0.171 e. The average Bonchev–Trinajstić information content (AvgIpc) is 2.70. The molecule has 4 nitrogen and oxygen atoms in total. The molecule has 2 aromatic rings. The highest BCUT2D eigenvalue weighted by Gasteiger charge is 2.15. The molecule has 0 aliphatic carbocycles. The van der Waals surface area contributed by atoms with Crippen molar-refractivity contribution in [1.82, 2.24) is 15.1 Å². The molecule has 1 aromatic heterocycles. The highest BCUT2D eigenvalue weighted by Crippen LogP contribution is 2.27. The van der Waals surface area contributed by atoms with Crippen LogP contribution in [0.3, 0.4) is 0 Å². The van der Waals surface area contributed by atoms with Crippen molar-refractivity contribution in [3.63, 3.8) is 0 Å². The lowest BCUT2D eigenvalue weighted by Crippen LogP contribution is -2.34. The predicted molar refractivity (Wildman–Crippen MR) is 102 cm³/mol. The van der Waals surface area contributed by atoms with Crippen LogP contribution in [0.1, 0.15) is 30.8 Å². The molecule has 1 aromatic carbocycles. The number of aromatic nitrogens is 2. The molecule has 0 saturated carbocycles. The van der Waals surface area contributed by atoms with Crippen LogP contribution in [0.5, 0.6) is 0 Å². The van der Waals surface area contributed by atoms with Crippen molar-refractivity contribution in [2.45, 2.75) is 40.3 Å². The maximum absolute atomic E-state index is 6.25. The molecular weight excluding hydrogens is 351 g/mol. The monoisotopic (exact) mass is 370 g/mol. The molecule has 7 heteroatoms. The summed E-state index contributed by atoms with van der Waals surface area (Å²) in [5, 5.41) is 12.8. The van der Waals surface area contributed by atoms with Gasteiger partial charge in [-0.3, -0.25) is 4.68 Å². The van der Waals surface area contributed by atoms with Gasteiger partial charge in [0.25, 0.3) is 0 Å².